The largest absolute Gasteiger partial charge is 0.550 e. The molecule has 0 saturated carbocycles. The van der Waals surface area contributed by atoms with Gasteiger partial charge in [-0.3, -0.25) is 0 Å². The Morgan fingerprint density at radius 1 is 0.750 bits per heavy atom. The molecule has 0 aliphatic rings. The van der Waals surface area contributed by atoms with Gasteiger partial charge in [0.2, 0.25) is 0 Å². The number of aliphatic carboxylic acids is 2. The molecule has 0 aromatic heterocycles. The molecule has 2 rings (SSSR count). The van der Waals surface area contributed by atoms with Gasteiger partial charge in [-0.2, -0.15) is 0 Å². The maximum Gasteiger partial charge on any atom is 0.117 e. The van der Waals surface area contributed by atoms with Gasteiger partial charge in [0.1, 0.15) is 5.60 Å². The Bertz CT molecular complexity index is 818. The molecular weight excluding hydrogens is 559 g/mol. The summed E-state index contributed by atoms with van der Waals surface area (Å²) >= 11 is 0.104. The molecule has 5 nitrogen and oxygen atoms in total. The summed E-state index contributed by atoms with van der Waals surface area (Å²) in [5.41, 5.74) is -0.591. The molecule has 6 heteroatoms. The van der Waals surface area contributed by atoms with E-state index < -0.39 is 24.0 Å². The summed E-state index contributed by atoms with van der Waals surface area (Å²) in [7, 11) is 0. The number of hydrogen-bond donors (Lipinski definition) is 0. The van der Waals surface area contributed by atoms with Crippen LogP contribution in [0.4, 0.5) is 0 Å². The first-order valence-electron chi connectivity index (χ1n) is 13.3. The number of carboxylic acids is 2. The van der Waals surface area contributed by atoms with Crippen molar-refractivity contribution in [3.63, 3.8) is 0 Å². The van der Waals surface area contributed by atoms with Crippen molar-refractivity contribution >= 4 is 33.1 Å². The van der Waals surface area contributed by atoms with Crippen LogP contribution >= 0.6 is 0 Å². The second kappa shape index (κ2) is 20.2. The van der Waals surface area contributed by atoms with Gasteiger partial charge in [-0.05, 0) is 11.1 Å². The van der Waals surface area contributed by atoms with Crippen LogP contribution in [0.15, 0.2) is 60.7 Å². The van der Waals surface area contributed by atoms with Crippen LogP contribution in [0.3, 0.4) is 0 Å². The third-order valence-electron chi connectivity index (χ3n) is 5.91. The zero-order valence-corrected chi connectivity index (χ0v) is 24.9. The molecule has 0 saturated heterocycles. The van der Waals surface area contributed by atoms with Crippen molar-refractivity contribution in [2.45, 2.75) is 99.1 Å². The molecule has 0 bridgehead atoms. The summed E-state index contributed by atoms with van der Waals surface area (Å²) < 4.78 is 8.81. The maximum absolute atomic E-state index is 11.7. The van der Waals surface area contributed by atoms with E-state index in [-0.39, 0.29) is 34.2 Å². The third kappa shape index (κ3) is 14.6. The first-order valence-corrected chi connectivity index (χ1v) is 17.3. The first kappa shape index (κ1) is 32.2. The fourth-order valence-corrected chi connectivity index (χ4v) is 7.37. The van der Waals surface area contributed by atoms with E-state index in [1.54, 1.807) is 76.3 Å². The minimum absolute atomic E-state index is 0.0328. The van der Waals surface area contributed by atoms with Gasteiger partial charge in [-0.15, -0.1) is 0 Å². The summed E-state index contributed by atoms with van der Waals surface area (Å²) in [5.74, 6) is -3.07. The molecule has 0 amide bonds. The summed E-state index contributed by atoms with van der Waals surface area (Å²) in [6, 6.07) is 17.6. The van der Waals surface area contributed by atoms with Crippen molar-refractivity contribution in [3.05, 3.63) is 71.8 Å². The molecule has 0 aliphatic carbocycles. The van der Waals surface area contributed by atoms with E-state index in [0.717, 1.165) is 5.56 Å². The van der Waals surface area contributed by atoms with Crippen molar-refractivity contribution in [2.24, 2.45) is 0 Å². The monoisotopic (exact) mass is 602 g/mol. The number of ether oxygens (including phenoxy) is 1. The van der Waals surface area contributed by atoms with E-state index in [1.165, 1.54) is 38.5 Å². The first-order chi connectivity index (χ1) is 17.4. The van der Waals surface area contributed by atoms with Crippen molar-refractivity contribution < 1.29 is 24.5 Å². The van der Waals surface area contributed by atoms with E-state index >= 15 is 0 Å². The number of carboxylic acid groups (broad SMARTS) is 2. The molecule has 196 valence electrons. The van der Waals surface area contributed by atoms with Crippen molar-refractivity contribution in [2.75, 3.05) is 0 Å². The third-order valence-corrected chi connectivity index (χ3v) is 9.94. The average molecular weight is 601 g/mol. The van der Waals surface area contributed by atoms with E-state index in [9.17, 15) is 19.8 Å². The molecule has 0 N–H and O–H groups in total. The van der Waals surface area contributed by atoms with Gasteiger partial charge in [-0.1, -0.05) is 60.7 Å². The van der Waals surface area contributed by atoms with Crippen LogP contribution in [0.25, 0.3) is 0 Å². The SMILES string of the molecule is CCCCC[CH2][Sn+2][CH2]CCCCC.O=C([O-])CC(Cc1ccccc1)(OCc1ccccc1)C(=O)[O-]. The van der Waals surface area contributed by atoms with Gasteiger partial charge < -0.3 is 24.5 Å². The van der Waals surface area contributed by atoms with E-state index in [0.29, 0.717) is 5.56 Å². The molecule has 36 heavy (non-hydrogen) atoms. The molecule has 0 radical (unpaired) electrons. The summed E-state index contributed by atoms with van der Waals surface area (Å²) in [4.78, 5) is 22.7. The molecule has 0 aliphatic heterocycles. The predicted molar refractivity (Wildman–Crippen MR) is 142 cm³/mol. The standard InChI is InChI=1S/C18H18O5.2C6H13.Sn/c19-16(20)12-18(17(21)22,11-14-7-3-1-4-8-14)23-13-15-9-5-2-6-10-15;2*1-3-5-6-4-2;/h1-10H,11-13H2,(H,19,20)(H,21,22);2*1,3-6H2,2H3;/q;;;+2/p-2. The summed E-state index contributed by atoms with van der Waals surface area (Å²) in [5, 5.41) is 22.7. The number of carbonyl (C=O) groups excluding carboxylic acids is 2. The smallest absolute Gasteiger partial charge is 0.117 e. The summed E-state index contributed by atoms with van der Waals surface area (Å²) in [6.07, 6.45) is 10.9. The zero-order valence-electron chi connectivity index (χ0n) is 22.0. The minimum atomic E-state index is -1.98. The second-order valence-corrected chi connectivity index (χ2v) is 13.4. The van der Waals surface area contributed by atoms with Crippen molar-refractivity contribution in [3.8, 4) is 0 Å². The Balaban J connectivity index is 0.000000426. The van der Waals surface area contributed by atoms with Gasteiger partial charge in [0.25, 0.3) is 0 Å². The maximum atomic E-state index is 11.7. The zero-order chi connectivity index (χ0) is 26.5. The predicted octanol–water partition coefficient (Wildman–Crippen LogP) is 4.76. The number of benzene rings is 2. The summed E-state index contributed by atoms with van der Waals surface area (Å²) in [6.45, 7) is 4.56. The Morgan fingerprint density at radius 2 is 1.25 bits per heavy atom. The topological polar surface area (TPSA) is 89.5 Å². The van der Waals surface area contributed by atoms with Gasteiger partial charge in [0, 0.05) is 18.8 Å². The van der Waals surface area contributed by atoms with Gasteiger partial charge in [0.15, 0.2) is 0 Å². The van der Waals surface area contributed by atoms with Crippen LogP contribution in [0.1, 0.15) is 82.8 Å². The van der Waals surface area contributed by atoms with Crippen LogP contribution in [-0.2, 0) is 27.4 Å². The molecule has 2 aromatic rings. The molecule has 0 heterocycles. The molecule has 2 aromatic carbocycles. The number of unbranched alkanes of at least 4 members (excludes halogenated alkanes) is 6. The molecule has 1 atom stereocenters. The van der Waals surface area contributed by atoms with E-state index in [2.05, 4.69) is 13.8 Å². The van der Waals surface area contributed by atoms with Gasteiger partial charge in [0.05, 0.1) is 12.6 Å². The molecular formula is C30H42O5Sn. The van der Waals surface area contributed by atoms with Crippen LogP contribution in [0, 0.1) is 0 Å². The van der Waals surface area contributed by atoms with Crippen molar-refractivity contribution in [1.29, 1.82) is 0 Å². The van der Waals surface area contributed by atoms with Crippen LogP contribution in [-0.4, -0.2) is 38.7 Å². The second-order valence-electron chi connectivity index (χ2n) is 9.14. The Kier molecular flexibility index (Phi) is 18.1. The normalized spacial score (nSPS) is 12.1. The Hall–Kier alpha value is -1.86. The van der Waals surface area contributed by atoms with Crippen molar-refractivity contribution in [1.82, 2.24) is 0 Å². The van der Waals surface area contributed by atoms with E-state index in [4.69, 9.17) is 4.74 Å². The Morgan fingerprint density at radius 3 is 1.69 bits per heavy atom. The average Bonchev–Trinajstić information content (AvgIpc) is 2.87. The molecule has 1 unspecified atom stereocenters. The Labute approximate surface area is 227 Å². The number of carbonyl (C=O) groups is 2. The van der Waals surface area contributed by atoms with Gasteiger partial charge >= 0.3 is 95.2 Å². The minimum Gasteiger partial charge on any atom is -0.550 e. The van der Waals surface area contributed by atoms with Crippen LogP contribution < -0.4 is 10.2 Å². The quantitative estimate of drug-likeness (QED) is 0.182. The molecule has 0 spiro atoms. The van der Waals surface area contributed by atoms with E-state index in [1.807, 2.05) is 6.07 Å². The van der Waals surface area contributed by atoms with Gasteiger partial charge in [-0.25, -0.2) is 0 Å². The number of hydrogen-bond acceptors (Lipinski definition) is 5. The number of rotatable bonds is 18. The fourth-order valence-electron chi connectivity index (χ4n) is 3.80. The fraction of sp³-hybridized carbons (Fsp3) is 0.533. The molecule has 0 fully saturated rings. The van der Waals surface area contributed by atoms with Crippen LogP contribution in [0.5, 0.6) is 0 Å². The van der Waals surface area contributed by atoms with Crippen LogP contribution in [0.2, 0.25) is 8.87 Å².